The third kappa shape index (κ3) is 2.54. The van der Waals surface area contributed by atoms with Gasteiger partial charge in [-0.05, 0) is 54.1 Å². The van der Waals surface area contributed by atoms with E-state index in [9.17, 15) is 4.79 Å². The number of nitrogens with one attached hydrogen (secondary N) is 1. The van der Waals surface area contributed by atoms with Crippen molar-refractivity contribution in [2.45, 2.75) is 20.3 Å². The molecule has 1 aromatic heterocycles. The van der Waals surface area contributed by atoms with Gasteiger partial charge in [0.25, 0.3) is 5.91 Å². The summed E-state index contributed by atoms with van der Waals surface area (Å²) in [7, 11) is 0. The number of anilines is 2. The number of aryl methyl sites for hydroxylation is 2. The Morgan fingerprint density at radius 3 is 2.83 bits per heavy atom. The summed E-state index contributed by atoms with van der Waals surface area (Å²) in [4.78, 5) is 12.9. The van der Waals surface area contributed by atoms with Gasteiger partial charge in [0.2, 0.25) is 0 Å². The monoisotopic (exact) mass is 260 g/mol. The molecule has 3 N–H and O–H groups in total. The first-order chi connectivity index (χ1) is 8.61. The van der Waals surface area contributed by atoms with Crippen LogP contribution in [0.5, 0.6) is 0 Å². The fourth-order valence-corrected chi connectivity index (χ4v) is 2.71. The van der Waals surface area contributed by atoms with Crippen molar-refractivity contribution in [1.82, 2.24) is 0 Å². The van der Waals surface area contributed by atoms with Crippen LogP contribution in [0, 0.1) is 6.92 Å². The quantitative estimate of drug-likeness (QED) is 0.830. The van der Waals surface area contributed by atoms with E-state index < -0.39 is 0 Å². The fraction of sp³-hybridized carbons (Fsp3) is 0.214. The summed E-state index contributed by atoms with van der Waals surface area (Å²) in [6.07, 6.45) is 0.868. The second-order valence-electron chi connectivity index (χ2n) is 4.16. The van der Waals surface area contributed by atoms with E-state index in [1.54, 1.807) is 6.07 Å². The largest absolute Gasteiger partial charge is 0.399 e. The van der Waals surface area contributed by atoms with Crippen LogP contribution >= 0.6 is 11.3 Å². The standard InChI is InChI=1S/C14H16N2OS/c1-3-10-6-7-18-13(10)14(17)16-12-5-4-11(15)8-9(12)2/h4-8H,3,15H2,1-2H3,(H,16,17). The van der Waals surface area contributed by atoms with Crippen LogP contribution in [0.25, 0.3) is 0 Å². The van der Waals surface area contributed by atoms with Gasteiger partial charge < -0.3 is 11.1 Å². The highest BCUT2D eigenvalue weighted by Crippen LogP contribution is 2.22. The van der Waals surface area contributed by atoms with E-state index in [-0.39, 0.29) is 5.91 Å². The highest BCUT2D eigenvalue weighted by molar-refractivity contribution is 7.12. The lowest BCUT2D eigenvalue weighted by Crippen LogP contribution is -2.12. The topological polar surface area (TPSA) is 55.1 Å². The number of amides is 1. The lowest BCUT2D eigenvalue weighted by molar-refractivity contribution is 0.102. The highest BCUT2D eigenvalue weighted by Gasteiger charge is 2.12. The molecule has 0 fully saturated rings. The molecule has 0 saturated carbocycles. The first-order valence-electron chi connectivity index (χ1n) is 5.85. The predicted molar refractivity (Wildman–Crippen MR) is 77.2 cm³/mol. The zero-order chi connectivity index (χ0) is 13.1. The van der Waals surface area contributed by atoms with Crippen molar-refractivity contribution in [3.63, 3.8) is 0 Å². The van der Waals surface area contributed by atoms with Crippen LogP contribution in [0.15, 0.2) is 29.6 Å². The minimum Gasteiger partial charge on any atom is -0.399 e. The second kappa shape index (κ2) is 5.23. The Kier molecular flexibility index (Phi) is 3.67. The normalized spacial score (nSPS) is 10.3. The molecule has 0 aliphatic heterocycles. The Morgan fingerprint density at radius 2 is 2.17 bits per heavy atom. The summed E-state index contributed by atoms with van der Waals surface area (Å²) < 4.78 is 0. The van der Waals surface area contributed by atoms with Crippen LogP contribution in [0.4, 0.5) is 11.4 Å². The molecule has 0 unspecified atom stereocenters. The maximum Gasteiger partial charge on any atom is 0.266 e. The van der Waals surface area contributed by atoms with Crippen LogP contribution in [-0.4, -0.2) is 5.91 Å². The molecule has 94 valence electrons. The van der Waals surface area contributed by atoms with Gasteiger partial charge in [-0.15, -0.1) is 11.3 Å². The molecule has 2 aromatic rings. The molecule has 1 heterocycles. The Balaban J connectivity index is 2.21. The van der Waals surface area contributed by atoms with Crippen LogP contribution in [0.3, 0.4) is 0 Å². The number of benzene rings is 1. The van der Waals surface area contributed by atoms with Gasteiger partial charge in [-0.2, -0.15) is 0 Å². The van der Waals surface area contributed by atoms with E-state index in [0.717, 1.165) is 28.1 Å². The third-order valence-corrected chi connectivity index (χ3v) is 3.79. The summed E-state index contributed by atoms with van der Waals surface area (Å²) >= 11 is 1.47. The predicted octanol–water partition coefficient (Wildman–Crippen LogP) is 3.45. The second-order valence-corrected chi connectivity index (χ2v) is 5.07. The zero-order valence-electron chi connectivity index (χ0n) is 10.5. The Bertz CT molecular complexity index is 575. The molecule has 2 rings (SSSR count). The van der Waals surface area contributed by atoms with Crippen LogP contribution in [0.2, 0.25) is 0 Å². The number of carbonyl (C=O) groups excluding carboxylic acids is 1. The lowest BCUT2D eigenvalue weighted by atomic mass is 10.1. The summed E-state index contributed by atoms with van der Waals surface area (Å²) in [5.41, 5.74) is 9.26. The molecule has 0 aliphatic rings. The maximum atomic E-state index is 12.2. The minimum atomic E-state index is -0.0466. The zero-order valence-corrected chi connectivity index (χ0v) is 11.3. The number of nitrogens with two attached hydrogens (primary N) is 1. The number of nitrogen functional groups attached to an aromatic ring is 1. The molecule has 3 nitrogen and oxygen atoms in total. The first kappa shape index (κ1) is 12.6. The number of hydrogen-bond acceptors (Lipinski definition) is 3. The molecule has 0 atom stereocenters. The van der Waals surface area contributed by atoms with Gasteiger partial charge in [0.05, 0.1) is 4.88 Å². The molecule has 1 aromatic carbocycles. The highest BCUT2D eigenvalue weighted by atomic mass is 32.1. The van der Waals surface area contributed by atoms with Crippen molar-refractivity contribution in [1.29, 1.82) is 0 Å². The van der Waals surface area contributed by atoms with Gasteiger partial charge in [-0.25, -0.2) is 0 Å². The Hall–Kier alpha value is -1.81. The van der Waals surface area contributed by atoms with Crippen molar-refractivity contribution < 1.29 is 4.79 Å². The van der Waals surface area contributed by atoms with E-state index >= 15 is 0 Å². The van der Waals surface area contributed by atoms with Crippen molar-refractivity contribution in [2.75, 3.05) is 11.1 Å². The number of hydrogen-bond donors (Lipinski definition) is 2. The maximum absolute atomic E-state index is 12.2. The van der Waals surface area contributed by atoms with Gasteiger partial charge in [-0.3, -0.25) is 4.79 Å². The first-order valence-corrected chi connectivity index (χ1v) is 6.73. The minimum absolute atomic E-state index is 0.0466. The van der Waals surface area contributed by atoms with E-state index in [2.05, 4.69) is 5.32 Å². The summed E-state index contributed by atoms with van der Waals surface area (Å²) in [5, 5.41) is 4.88. The van der Waals surface area contributed by atoms with Gasteiger partial charge in [0, 0.05) is 11.4 Å². The lowest BCUT2D eigenvalue weighted by Gasteiger charge is -2.09. The molecule has 0 radical (unpaired) electrons. The summed E-state index contributed by atoms with van der Waals surface area (Å²) in [6.45, 7) is 3.98. The fourth-order valence-electron chi connectivity index (χ4n) is 1.82. The van der Waals surface area contributed by atoms with Crippen molar-refractivity contribution in [2.24, 2.45) is 0 Å². The van der Waals surface area contributed by atoms with Crippen molar-refractivity contribution >= 4 is 28.6 Å². The molecule has 0 aliphatic carbocycles. The molecular formula is C14H16N2OS. The number of rotatable bonds is 3. The molecule has 0 bridgehead atoms. The molecule has 18 heavy (non-hydrogen) atoms. The van der Waals surface area contributed by atoms with E-state index in [1.807, 2.05) is 37.4 Å². The van der Waals surface area contributed by atoms with Crippen LogP contribution in [0.1, 0.15) is 27.7 Å². The average molecular weight is 260 g/mol. The molecule has 0 saturated heterocycles. The van der Waals surface area contributed by atoms with Gasteiger partial charge >= 0.3 is 0 Å². The van der Waals surface area contributed by atoms with E-state index in [4.69, 9.17) is 5.73 Å². The van der Waals surface area contributed by atoms with Gasteiger partial charge in [0.15, 0.2) is 0 Å². The molecular weight excluding hydrogens is 244 g/mol. The SMILES string of the molecule is CCc1ccsc1C(=O)Nc1ccc(N)cc1C. The smallest absolute Gasteiger partial charge is 0.266 e. The number of carbonyl (C=O) groups is 1. The molecule has 0 spiro atoms. The van der Waals surface area contributed by atoms with E-state index in [1.165, 1.54) is 11.3 Å². The summed E-state index contributed by atoms with van der Waals surface area (Å²) in [5.74, 6) is -0.0466. The number of thiophene rings is 1. The van der Waals surface area contributed by atoms with Crippen molar-refractivity contribution in [3.8, 4) is 0 Å². The third-order valence-electron chi connectivity index (χ3n) is 2.83. The van der Waals surface area contributed by atoms with E-state index in [0.29, 0.717) is 5.69 Å². The van der Waals surface area contributed by atoms with Crippen molar-refractivity contribution in [3.05, 3.63) is 45.6 Å². The Labute approximate surface area is 111 Å². The Morgan fingerprint density at radius 1 is 1.39 bits per heavy atom. The van der Waals surface area contributed by atoms with Gasteiger partial charge in [-0.1, -0.05) is 6.92 Å². The van der Waals surface area contributed by atoms with Crippen LogP contribution < -0.4 is 11.1 Å². The molecule has 1 amide bonds. The molecule has 4 heteroatoms. The van der Waals surface area contributed by atoms with Gasteiger partial charge in [0.1, 0.15) is 0 Å². The average Bonchev–Trinajstić information content (AvgIpc) is 2.81. The van der Waals surface area contributed by atoms with Crippen LogP contribution in [-0.2, 0) is 6.42 Å². The summed E-state index contributed by atoms with van der Waals surface area (Å²) in [6, 6.07) is 7.47.